The van der Waals surface area contributed by atoms with Gasteiger partial charge in [0.2, 0.25) is 0 Å². The van der Waals surface area contributed by atoms with Crippen LogP contribution in [0.25, 0.3) is 22.5 Å². The Labute approximate surface area is 200 Å². The van der Waals surface area contributed by atoms with E-state index in [4.69, 9.17) is 26.9 Å². The molecule has 0 saturated heterocycles. The highest BCUT2D eigenvalue weighted by Gasteiger charge is 2.15. The number of aryl methyl sites for hydroxylation is 1. The monoisotopic (exact) mass is 485 g/mol. The van der Waals surface area contributed by atoms with Crippen molar-refractivity contribution in [2.45, 2.75) is 39.3 Å². The van der Waals surface area contributed by atoms with Gasteiger partial charge in [-0.15, -0.1) is 15.2 Å². The first-order valence-corrected chi connectivity index (χ1v) is 10.9. The summed E-state index contributed by atoms with van der Waals surface area (Å²) in [5.74, 6) is 1.55. The van der Waals surface area contributed by atoms with Crippen molar-refractivity contribution in [3.63, 3.8) is 0 Å². The summed E-state index contributed by atoms with van der Waals surface area (Å²) in [6, 6.07) is 16.3. The van der Waals surface area contributed by atoms with E-state index in [1.165, 1.54) is 0 Å². The number of benzene rings is 2. The Morgan fingerprint density at radius 3 is 2.41 bits per heavy atom. The van der Waals surface area contributed by atoms with Gasteiger partial charge in [0, 0.05) is 18.5 Å². The molecule has 0 saturated carbocycles. The second-order valence-electron chi connectivity index (χ2n) is 7.34. The quantitative estimate of drug-likeness (QED) is 0.250. The van der Waals surface area contributed by atoms with E-state index in [0.29, 0.717) is 23.2 Å². The fraction of sp³-hybridized carbons (Fsp3) is 0.273. The van der Waals surface area contributed by atoms with Crippen molar-refractivity contribution in [2.24, 2.45) is 0 Å². The molecular weight excluding hydrogens is 462 g/mol. The maximum absolute atomic E-state index is 9.77. The van der Waals surface area contributed by atoms with E-state index in [-0.39, 0.29) is 6.61 Å². The maximum Gasteiger partial charge on any atom is 0.291 e. The van der Waals surface area contributed by atoms with Crippen LogP contribution in [0.5, 0.6) is 0 Å². The smallest absolute Gasteiger partial charge is 0.291 e. The summed E-state index contributed by atoms with van der Waals surface area (Å²) in [7, 11) is 0. The summed E-state index contributed by atoms with van der Waals surface area (Å²) in [5, 5.41) is 38.0. The van der Waals surface area contributed by atoms with Crippen LogP contribution < -0.4 is 0 Å². The van der Waals surface area contributed by atoms with Crippen molar-refractivity contribution >= 4 is 11.6 Å². The predicted octanol–water partition coefficient (Wildman–Crippen LogP) is 3.92. The van der Waals surface area contributed by atoms with E-state index in [1.54, 1.807) is 0 Å². The molecule has 0 spiro atoms. The lowest BCUT2D eigenvalue weighted by Gasteiger charge is -2.12. The highest BCUT2D eigenvalue weighted by molar-refractivity contribution is 6.30. The van der Waals surface area contributed by atoms with Gasteiger partial charge in [0.1, 0.15) is 5.82 Å². The van der Waals surface area contributed by atoms with Crippen LogP contribution in [0.15, 0.2) is 48.5 Å². The van der Waals surface area contributed by atoms with Gasteiger partial charge in [-0.2, -0.15) is 0 Å². The van der Waals surface area contributed by atoms with Crippen LogP contribution in [-0.4, -0.2) is 45.6 Å². The molecule has 4 rings (SSSR count). The van der Waals surface area contributed by atoms with Gasteiger partial charge in [-0.1, -0.05) is 73.5 Å². The van der Waals surface area contributed by atoms with Crippen molar-refractivity contribution in [3.8, 4) is 22.5 Å². The molecule has 0 fully saturated rings. The number of halogens is 1. The maximum atomic E-state index is 9.77. The first kappa shape index (κ1) is 24.8. The van der Waals surface area contributed by atoms with Crippen LogP contribution >= 0.6 is 11.6 Å². The minimum Gasteiger partial charge on any atom is -0.390 e. The van der Waals surface area contributed by atoms with Crippen LogP contribution in [0.2, 0.25) is 5.15 Å². The molecule has 0 amide bonds. The fourth-order valence-electron chi connectivity index (χ4n) is 3.56. The van der Waals surface area contributed by atoms with Crippen molar-refractivity contribution in [1.29, 1.82) is 0 Å². The van der Waals surface area contributed by atoms with E-state index in [9.17, 15) is 5.11 Å². The number of tetrazole rings is 1. The van der Waals surface area contributed by atoms with Gasteiger partial charge in [-0.3, -0.25) is 0 Å². The van der Waals surface area contributed by atoms with Crippen LogP contribution in [0.4, 0.5) is 0 Å². The Hall–Kier alpha value is -3.83. The minimum absolute atomic E-state index is 0.130. The Balaban J connectivity index is 0.000000751. The number of rotatable bonds is 8. The summed E-state index contributed by atoms with van der Waals surface area (Å²) in [6.07, 6.45) is 2.95. The Kier molecular flexibility index (Phi) is 8.66. The second kappa shape index (κ2) is 11.9. The topological polar surface area (TPSA) is 156 Å². The molecule has 2 heterocycles. The average Bonchev–Trinajstić information content (AvgIpc) is 3.46. The SMILES string of the molecule is CCCCc1nc(Cl)c(CO)n1Cc1ccc(-c2ccccc2-c2nnn[nH]2)cc1.O=[N+]([O-])O. The van der Waals surface area contributed by atoms with Gasteiger partial charge < -0.3 is 14.9 Å². The molecule has 0 aliphatic rings. The zero-order valence-electron chi connectivity index (χ0n) is 18.4. The van der Waals surface area contributed by atoms with Gasteiger partial charge >= 0.3 is 0 Å². The molecular formula is C22H24ClN7O4. The Bertz CT molecular complexity index is 1210. The molecule has 0 atom stereocenters. The second-order valence-corrected chi connectivity index (χ2v) is 7.70. The first-order valence-electron chi connectivity index (χ1n) is 10.5. The number of aliphatic hydroxyl groups is 1. The van der Waals surface area contributed by atoms with E-state index in [2.05, 4.69) is 62.9 Å². The minimum atomic E-state index is -1.50. The number of unbranched alkanes of at least 4 members (excludes halogenated alkanes) is 1. The number of aromatic amines is 1. The number of H-pyrrole nitrogens is 1. The Morgan fingerprint density at radius 1 is 1.15 bits per heavy atom. The molecule has 2 aromatic heterocycles. The predicted molar refractivity (Wildman–Crippen MR) is 125 cm³/mol. The molecule has 3 N–H and O–H groups in total. The van der Waals surface area contributed by atoms with Crippen LogP contribution in [0.1, 0.15) is 36.8 Å². The number of hydrogen-bond acceptors (Lipinski definition) is 7. The third-order valence-corrected chi connectivity index (χ3v) is 5.44. The molecule has 12 heteroatoms. The summed E-state index contributed by atoms with van der Waals surface area (Å²) < 4.78 is 2.03. The fourth-order valence-corrected chi connectivity index (χ4v) is 3.81. The summed E-state index contributed by atoms with van der Waals surface area (Å²) in [5.41, 5.74) is 4.84. The van der Waals surface area contributed by atoms with E-state index < -0.39 is 5.09 Å². The number of nitrogens with zero attached hydrogens (tertiary/aromatic N) is 6. The normalized spacial score (nSPS) is 10.6. The van der Waals surface area contributed by atoms with Crippen molar-refractivity contribution < 1.29 is 15.4 Å². The van der Waals surface area contributed by atoms with Crippen molar-refractivity contribution in [2.75, 3.05) is 0 Å². The highest BCUT2D eigenvalue weighted by atomic mass is 35.5. The molecule has 34 heavy (non-hydrogen) atoms. The molecule has 0 radical (unpaired) electrons. The first-order chi connectivity index (χ1) is 16.4. The number of imidazole rings is 1. The third kappa shape index (κ3) is 6.15. The molecule has 0 aliphatic carbocycles. The molecule has 0 aliphatic heterocycles. The van der Waals surface area contributed by atoms with Crippen molar-refractivity contribution in [1.82, 2.24) is 30.2 Å². The zero-order chi connectivity index (χ0) is 24.5. The molecule has 0 unspecified atom stereocenters. The molecule has 0 bridgehead atoms. The summed E-state index contributed by atoms with van der Waals surface area (Å²) >= 11 is 6.26. The summed E-state index contributed by atoms with van der Waals surface area (Å²) in [6.45, 7) is 2.63. The lowest BCUT2D eigenvalue weighted by Crippen LogP contribution is -2.09. The van der Waals surface area contributed by atoms with Crippen LogP contribution in [-0.2, 0) is 19.6 Å². The molecule has 4 aromatic rings. The van der Waals surface area contributed by atoms with Crippen molar-refractivity contribution in [3.05, 3.63) is 80.9 Å². The third-order valence-electron chi connectivity index (χ3n) is 5.14. The van der Waals surface area contributed by atoms with E-state index >= 15 is 0 Å². The lowest BCUT2D eigenvalue weighted by atomic mass is 9.98. The largest absolute Gasteiger partial charge is 0.390 e. The molecule has 178 valence electrons. The number of aromatic nitrogens is 6. The lowest BCUT2D eigenvalue weighted by molar-refractivity contribution is -0.742. The average molecular weight is 486 g/mol. The van der Waals surface area contributed by atoms with Gasteiger partial charge in [0.25, 0.3) is 5.09 Å². The highest BCUT2D eigenvalue weighted by Crippen LogP contribution is 2.30. The number of hydrogen-bond donors (Lipinski definition) is 3. The van der Waals surface area contributed by atoms with Crippen LogP contribution in [0.3, 0.4) is 0 Å². The molecule has 11 nitrogen and oxygen atoms in total. The molecule has 2 aromatic carbocycles. The van der Waals surface area contributed by atoms with Crippen LogP contribution in [0, 0.1) is 10.1 Å². The van der Waals surface area contributed by atoms with Gasteiger partial charge in [0.05, 0.1) is 12.3 Å². The van der Waals surface area contributed by atoms with Gasteiger partial charge in [0.15, 0.2) is 11.0 Å². The van der Waals surface area contributed by atoms with E-state index in [1.807, 2.05) is 22.8 Å². The van der Waals surface area contributed by atoms with Gasteiger partial charge in [-0.05, 0) is 33.5 Å². The number of nitrogens with one attached hydrogen (secondary N) is 1. The summed E-state index contributed by atoms with van der Waals surface area (Å²) in [4.78, 5) is 12.8. The Morgan fingerprint density at radius 2 is 1.82 bits per heavy atom. The van der Waals surface area contributed by atoms with E-state index in [0.717, 1.165) is 47.3 Å². The van der Waals surface area contributed by atoms with Gasteiger partial charge in [-0.25, -0.2) is 10.1 Å². The standard InChI is InChI=1S/C22H23ClN6O.HNO3/c1-2-3-8-20-24-21(23)19(14-30)29(20)13-15-9-11-16(12-10-15)17-6-4-5-7-18(17)22-25-27-28-26-22;2-1(3)4/h4-7,9-12,30H,2-3,8,13-14H2,1H3,(H,25,26,27,28);(H,2,3,4). The number of aliphatic hydroxyl groups excluding tert-OH is 1. The zero-order valence-corrected chi connectivity index (χ0v) is 19.2.